The molecule has 3 nitrogen and oxygen atoms in total. The summed E-state index contributed by atoms with van der Waals surface area (Å²) in [5.74, 6) is 1.02. The van der Waals surface area contributed by atoms with Crippen molar-refractivity contribution in [3.63, 3.8) is 0 Å². The number of pyridine rings is 1. The van der Waals surface area contributed by atoms with E-state index < -0.39 is 0 Å². The van der Waals surface area contributed by atoms with Crippen LogP contribution in [0.15, 0.2) is 47.1 Å². The molecule has 0 aliphatic heterocycles. The Kier molecular flexibility index (Phi) is 3.73. The molecule has 0 aliphatic rings. The largest absolute Gasteiger partial charge is 0.365 e. The van der Waals surface area contributed by atoms with E-state index >= 15 is 0 Å². The average molecular weight is 358 g/mol. The molecule has 3 rings (SSSR count). The van der Waals surface area contributed by atoms with Crippen molar-refractivity contribution < 1.29 is 0 Å². The van der Waals surface area contributed by atoms with Crippen LogP contribution in [0, 0.1) is 6.92 Å². The first-order chi connectivity index (χ1) is 10.3. The van der Waals surface area contributed by atoms with E-state index in [9.17, 15) is 0 Å². The monoisotopic (exact) mass is 357 g/mol. The van der Waals surface area contributed by atoms with Crippen molar-refractivity contribution in [2.75, 3.05) is 5.32 Å². The molecule has 0 fully saturated rings. The first-order valence-electron chi connectivity index (χ1n) is 7.36. The zero-order valence-corrected chi connectivity index (χ0v) is 14.9. The fourth-order valence-electron chi connectivity index (χ4n) is 2.41. The van der Waals surface area contributed by atoms with Gasteiger partial charge < -0.3 is 5.32 Å². The molecular formula is C18H20BrN3. The first kappa shape index (κ1) is 15.1. The number of nitrogens with one attached hydrogen (secondary N) is 1. The number of imidazole rings is 1. The summed E-state index contributed by atoms with van der Waals surface area (Å²) in [7, 11) is 0. The van der Waals surface area contributed by atoms with Gasteiger partial charge in [-0.25, -0.2) is 4.98 Å². The maximum atomic E-state index is 4.82. The van der Waals surface area contributed by atoms with Gasteiger partial charge >= 0.3 is 0 Å². The third-order valence-electron chi connectivity index (χ3n) is 3.40. The molecule has 2 heterocycles. The Morgan fingerprint density at radius 1 is 1.05 bits per heavy atom. The van der Waals surface area contributed by atoms with Crippen LogP contribution in [-0.4, -0.2) is 14.9 Å². The maximum absolute atomic E-state index is 4.82. The Balaban J connectivity index is 2.23. The number of aromatic nitrogens is 2. The van der Waals surface area contributed by atoms with Gasteiger partial charge in [0, 0.05) is 21.8 Å². The van der Waals surface area contributed by atoms with Gasteiger partial charge in [0.2, 0.25) is 0 Å². The van der Waals surface area contributed by atoms with Gasteiger partial charge in [-0.05, 0) is 55.8 Å². The zero-order valence-electron chi connectivity index (χ0n) is 13.3. The Labute approximate surface area is 139 Å². The number of benzene rings is 1. The molecule has 0 saturated heterocycles. The lowest BCUT2D eigenvalue weighted by Gasteiger charge is -2.22. The summed E-state index contributed by atoms with van der Waals surface area (Å²) >= 11 is 3.54. The van der Waals surface area contributed by atoms with Crippen LogP contribution in [0.2, 0.25) is 0 Å². The summed E-state index contributed by atoms with van der Waals surface area (Å²) in [4.78, 5) is 4.82. The Hall–Kier alpha value is -1.81. The minimum absolute atomic E-state index is 0.0439. The quantitative estimate of drug-likeness (QED) is 0.675. The van der Waals surface area contributed by atoms with E-state index in [-0.39, 0.29) is 5.54 Å². The van der Waals surface area contributed by atoms with Crippen LogP contribution >= 0.6 is 15.9 Å². The van der Waals surface area contributed by atoms with Crippen molar-refractivity contribution >= 4 is 27.4 Å². The molecule has 0 saturated carbocycles. The Morgan fingerprint density at radius 2 is 1.73 bits per heavy atom. The molecular weight excluding hydrogens is 338 g/mol. The van der Waals surface area contributed by atoms with Crippen LogP contribution < -0.4 is 5.32 Å². The maximum Gasteiger partial charge on any atom is 0.139 e. The lowest BCUT2D eigenvalue weighted by Crippen LogP contribution is -2.27. The topological polar surface area (TPSA) is 29.3 Å². The second-order valence-electron chi connectivity index (χ2n) is 6.63. The standard InChI is InChI=1S/C18H20BrN3/c1-12-5-7-13(8-6-12)16-17(21-18(2,3)4)22-11-14(19)9-10-15(22)20-16/h5-11,21H,1-4H3. The summed E-state index contributed by atoms with van der Waals surface area (Å²) in [6.07, 6.45) is 2.05. The molecule has 0 aliphatic carbocycles. The van der Waals surface area contributed by atoms with Crippen molar-refractivity contribution in [2.45, 2.75) is 33.2 Å². The summed E-state index contributed by atoms with van der Waals surface area (Å²) in [6, 6.07) is 12.5. The third-order valence-corrected chi connectivity index (χ3v) is 3.87. The molecule has 0 spiro atoms. The smallest absolute Gasteiger partial charge is 0.139 e. The first-order valence-corrected chi connectivity index (χ1v) is 8.16. The van der Waals surface area contributed by atoms with Gasteiger partial charge in [0.15, 0.2) is 0 Å². The molecule has 3 aromatic rings. The fraction of sp³-hybridized carbons (Fsp3) is 0.278. The van der Waals surface area contributed by atoms with Gasteiger partial charge in [0.05, 0.1) is 0 Å². The van der Waals surface area contributed by atoms with E-state index in [0.717, 1.165) is 27.2 Å². The Morgan fingerprint density at radius 3 is 2.36 bits per heavy atom. The highest BCUT2D eigenvalue weighted by Gasteiger charge is 2.19. The molecule has 0 amide bonds. The third kappa shape index (κ3) is 3.02. The second kappa shape index (κ2) is 5.43. The van der Waals surface area contributed by atoms with Crippen LogP contribution in [0.3, 0.4) is 0 Å². The summed E-state index contributed by atoms with van der Waals surface area (Å²) in [5, 5.41) is 3.59. The molecule has 114 valence electrons. The molecule has 2 aromatic heterocycles. The van der Waals surface area contributed by atoms with Gasteiger partial charge in [-0.1, -0.05) is 29.8 Å². The highest BCUT2D eigenvalue weighted by molar-refractivity contribution is 9.10. The minimum atomic E-state index is -0.0439. The molecule has 4 heteroatoms. The summed E-state index contributed by atoms with van der Waals surface area (Å²) < 4.78 is 3.13. The number of rotatable bonds is 2. The lowest BCUT2D eigenvalue weighted by atomic mass is 10.1. The average Bonchev–Trinajstić information content (AvgIpc) is 2.76. The van der Waals surface area contributed by atoms with Gasteiger partial charge in [-0.3, -0.25) is 4.40 Å². The highest BCUT2D eigenvalue weighted by Crippen LogP contribution is 2.31. The van der Waals surface area contributed by atoms with Gasteiger partial charge in [-0.15, -0.1) is 0 Å². The highest BCUT2D eigenvalue weighted by atomic mass is 79.9. The molecule has 1 N–H and O–H groups in total. The van der Waals surface area contributed by atoms with E-state index in [1.165, 1.54) is 5.56 Å². The number of hydrogen-bond acceptors (Lipinski definition) is 2. The van der Waals surface area contributed by atoms with Crippen LogP contribution in [0.25, 0.3) is 16.9 Å². The van der Waals surface area contributed by atoms with Crippen LogP contribution in [0.5, 0.6) is 0 Å². The number of aryl methyl sites for hydroxylation is 1. The van der Waals surface area contributed by atoms with E-state index in [4.69, 9.17) is 4.98 Å². The van der Waals surface area contributed by atoms with Crippen LogP contribution in [-0.2, 0) is 0 Å². The SMILES string of the molecule is Cc1ccc(-c2nc3ccc(Br)cn3c2NC(C)(C)C)cc1. The van der Waals surface area contributed by atoms with Crippen molar-refractivity contribution in [3.05, 3.63) is 52.6 Å². The molecule has 22 heavy (non-hydrogen) atoms. The predicted octanol–water partition coefficient (Wildman–Crippen LogP) is 5.28. The summed E-state index contributed by atoms with van der Waals surface area (Å²) in [5.41, 5.74) is 4.24. The molecule has 0 bridgehead atoms. The van der Waals surface area contributed by atoms with Crippen LogP contribution in [0.1, 0.15) is 26.3 Å². The number of hydrogen-bond donors (Lipinski definition) is 1. The molecule has 0 unspecified atom stereocenters. The molecule has 0 radical (unpaired) electrons. The zero-order chi connectivity index (χ0) is 15.9. The van der Waals surface area contributed by atoms with Gasteiger partial charge in [-0.2, -0.15) is 0 Å². The summed E-state index contributed by atoms with van der Waals surface area (Å²) in [6.45, 7) is 8.56. The van der Waals surface area contributed by atoms with Crippen molar-refractivity contribution in [2.24, 2.45) is 0 Å². The number of nitrogens with zero attached hydrogens (tertiary/aromatic N) is 2. The minimum Gasteiger partial charge on any atom is -0.365 e. The predicted molar refractivity (Wildman–Crippen MR) is 96.4 cm³/mol. The number of anilines is 1. The van der Waals surface area contributed by atoms with Crippen LogP contribution in [0.4, 0.5) is 5.82 Å². The van der Waals surface area contributed by atoms with E-state index in [1.54, 1.807) is 0 Å². The van der Waals surface area contributed by atoms with Gasteiger partial charge in [0.1, 0.15) is 17.2 Å². The van der Waals surface area contributed by atoms with Crippen molar-refractivity contribution in [3.8, 4) is 11.3 Å². The Bertz CT molecular complexity index is 811. The number of fused-ring (bicyclic) bond motifs is 1. The van der Waals surface area contributed by atoms with Crippen molar-refractivity contribution in [1.29, 1.82) is 0 Å². The molecule has 1 aromatic carbocycles. The van der Waals surface area contributed by atoms with E-state index in [1.807, 2.05) is 18.3 Å². The van der Waals surface area contributed by atoms with E-state index in [0.29, 0.717) is 0 Å². The lowest BCUT2D eigenvalue weighted by molar-refractivity contribution is 0.629. The van der Waals surface area contributed by atoms with Gasteiger partial charge in [0.25, 0.3) is 0 Å². The van der Waals surface area contributed by atoms with Crippen molar-refractivity contribution in [1.82, 2.24) is 9.38 Å². The molecule has 0 atom stereocenters. The second-order valence-corrected chi connectivity index (χ2v) is 7.54. The van der Waals surface area contributed by atoms with E-state index in [2.05, 4.69) is 77.6 Å². The fourth-order valence-corrected chi connectivity index (χ4v) is 2.74. The normalized spacial score (nSPS) is 11.9. The number of halogens is 1.